The summed E-state index contributed by atoms with van der Waals surface area (Å²) in [6, 6.07) is 18.5. The minimum absolute atomic E-state index is 0.166. The molecule has 0 aliphatic rings. The standard InChI is InChI=1S/C23H17ClN2O3/c1-3-15-9-11-18(12-10-15)25-23(28)19-13-17(24)14-20(29-2)21(19)26-22(27)16-7-5-4-6-8-16/h1,4-14H,2H3,(H,25,28)(H,26,27). The second-order valence-corrected chi connectivity index (χ2v) is 6.46. The maximum Gasteiger partial charge on any atom is 0.257 e. The van der Waals surface area contributed by atoms with E-state index < -0.39 is 5.91 Å². The van der Waals surface area contributed by atoms with Crippen LogP contribution in [-0.2, 0) is 0 Å². The molecule has 6 heteroatoms. The van der Waals surface area contributed by atoms with Crippen LogP contribution in [0.25, 0.3) is 0 Å². The lowest BCUT2D eigenvalue weighted by atomic mass is 10.1. The van der Waals surface area contributed by atoms with Gasteiger partial charge in [0, 0.05) is 27.9 Å². The Labute approximate surface area is 173 Å². The van der Waals surface area contributed by atoms with Crippen LogP contribution >= 0.6 is 11.6 Å². The van der Waals surface area contributed by atoms with Crippen LogP contribution in [-0.4, -0.2) is 18.9 Å². The molecule has 5 nitrogen and oxygen atoms in total. The van der Waals surface area contributed by atoms with E-state index in [2.05, 4.69) is 16.6 Å². The number of terminal acetylenes is 1. The van der Waals surface area contributed by atoms with Crippen LogP contribution in [0.1, 0.15) is 26.3 Å². The van der Waals surface area contributed by atoms with Gasteiger partial charge in [-0.25, -0.2) is 0 Å². The highest BCUT2D eigenvalue weighted by Gasteiger charge is 2.20. The van der Waals surface area contributed by atoms with E-state index in [0.717, 1.165) is 0 Å². The second-order valence-electron chi connectivity index (χ2n) is 6.03. The predicted octanol–water partition coefficient (Wildman–Crippen LogP) is 4.83. The molecule has 0 radical (unpaired) electrons. The summed E-state index contributed by atoms with van der Waals surface area (Å²) in [6.45, 7) is 0. The first-order valence-electron chi connectivity index (χ1n) is 8.64. The van der Waals surface area contributed by atoms with Crippen molar-refractivity contribution in [2.24, 2.45) is 0 Å². The second kappa shape index (κ2) is 8.96. The van der Waals surface area contributed by atoms with Crippen molar-refractivity contribution in [2.75, 3.05) is 17.7 Å². The Bertz CT molecular complexity index is 1090. The number of nitrogens with one attached hydrogen (secondary N) is 2. The fourth-order valence-electron chi connectivity index (χ4n) is 2.67. The molecule has 0 saturated heterocycles. The molecular weight excluding hydrogens is 388 g/mol. The van der Waals surface area contributed by atoms with Crippen molar-refractivity contribution in [3.05, 3.63) is 88.4 Å². The highest BCUT2D eigenvalue weighted by atomic mass is 35.5. The molecular formula is C23H17ClN2O3. The van der Waals surface area contributed by atoms with Crippen molar-refractivity contribution in [3.8, 4) is 18.1 Å². The highest BCUT2D eigenvalue weighted by molar-refractivity contribution is 6.31. The lowest BCUT2D eigenvalue weighted by Crippen LogP contribution is -2.19. The molecule has 3 aromatic rings. The van der Waals surface area contributed by atoms with E-state index in [-0.39, 0.29) is 22.9 Å². The van der Waals surface area contributed by atoms with Gasteiger partial charge in [-0.15, -0.1) is 6.42 Å². The molecule has 0 aromatic heterocycles. The third-order valence-electron chi connectivity index (χ3n) is 4.12. The SMILES string of the molecule is C#Cc1ccc(NC(=O)c2cc(Cl)cc(OC)c2NC(=O)c2ccccc2)cc1. The van der Waals surface area contributed by atoms with Gasteiger partial charge in [-0.1, -0.05) is 35.7 Å². The maximum atomic E-state index is 12.9. The number of carbonyl (C=O) groups excluding carboxylic acids is 2. The first-order valence-corrected chi connectivity index (χ1v) is 9.01. The number of benzene rings is 3. The molecule has 0 fully saturated rings. The molecule has 0 spiro atoms. The Morgan fingerprint density at radius 2 is 1.66 bits per heavy atom. The number of ether oxygens (including phenoxy) is 1. The van der Waals surface area contributed by atoms with Crippen LogP contribution in [0.2, 0.25) is 5.02 Å². The molecule has 3 rings (SSSR count). The zero-order chi connectivity index (χ0) is 20.8. The third-order valence-corrected chi connectivity index (χ3v) is 4.33. The minimum atomic E-state index is -0.456. The lowest BCUT2D eigenvalue weighted by Gasteiger charge is -2.16. The van der Waals surface area contributed by atoms with E-state index in [0.29, 0.717) is 21.8 Å². The van der Waals surface area contributed by atoms with Gasteiger partial charge in [-0.05, 0) is 42.5 Å². The van der Waals surface area contributed by atoms with E-state index >= 15 is 0 Å². The molecule has 0 aliphatic heterocycles. The van der Waals surface area contributed by atoms with Gasteiger partial charge < -0.3 is 15.4 Å². The summed E-state index contributed by atoms with van der Waals surface area (Å²) in [7, 11) is 1.43. The van der Waals surface area contributed by atoms with Gasteiger partial charge in [-0.3, -0.25) is 9.59 Å². The molecule has 29 heavy (non-hydrogen) atoms. The number of hydrogen-bond acceptors (Lipinski definition) is 3. The van der Waals surface area contributed by atoms with Crippen LogP contribution in [0, 0.1) is 12.3 Å². The van der Waals surface area contributed by atoms with Gasteiger partial charge in [0.1, 0.15) is 5.75 Å². The number of carbonyl (C=O) groups is 2. The molecule has 0 heterocycles. The number of halogens is 1. The summed E-state index contributed by atoms with van der Waals surface area (Å²) >= 11 is 6.15. The van der Waals surface area contributed by atoms with Gasteiger partial charge in [0.15, 0.2) is 0 Å². The number of methoxy groups -OCH3 is 1. The van der Waals surface area contributed by atoms with Gasteiger partial charge in [0.25, 0.3) is 11.8 Å². The summed E-state index contributed by atoms with van der Waals surface area (Å²) in [5.41, 5.74) is 2.08. The van der Waals surface area contributed by atoms with Crippen LogP contribution in [0.3, 0.4) is 0 Å². The summed E-state index contributed by atoms with van der Waals surface area (Å²) in [5, 5.41) is 5.82. The molecule has 0 unspecified atom stereocenters. The average Bonchev–Trinajstić information content (AvgIpc) is 2.75. The van der Waals surface area contributed by atoms with Gasteiger partial charge in [-0.2, -0.15) is 0 Å². The van der Waals surface area contributed by atoms with Crippen molar-refractivity contribution >= 4 is 34.8 Å². The van der Waals surface area contributed by atoms with Gasteiger partial charge in [0.2, 0.25) is 0 Å². The molecule has 0 saturated carbocycles. The monoisotopic (exact) mass is 404 g/mol. The Morgan fingerprint density at radius 3 is 2.28 bits per heavy atom. The fourth-order valence-corrected chi connectivity index (χ4v) is 2.88. The Morgan fingerprint density at radius 1 is 0.966 bits per heavy atom. The minimum Gasteiger partial charge on any atom is -0.494 e. The number of anilines is 2. The van der Waals surface area contributed by atoms with Crippen molar-refractivity contribution < 1.29 is 14.3 Å². The zero-order valence-corrected chi connectivity index (χ0v) is 16.3. The fraction of sp³-hybridized carbons (Fsp3) is 0.0435. The Hall–Kier alpha value is -3.75. The van der Waals surface area contributed by atoms with Gasteiger partial charge in [0.05, 0.1) is 18.4 Å². The van der Waals surface area contributed by atoms with E-state index in [1.165, 1.54) is 19.2 Å². The Balaban J connectivity index is 1.94. The van der Waals surface area contributed by atoms with Crippen LogP contribution in [0.5, 0.6) is 5.75 Å². The first kappa shape index (κ1) is 20.0. The number of rotatable bonds is 5. The summed E-state index contributed by atoms with van der Waals surface area (Å²) in [6.07, 6.45) is 5.35. The van der Waals surface area contributed by atoms with E-state index in [1.807, 2.05) is 6.07 Å². The zero-order valence-electron chi connectivity index (χ0n) is 15.5. The normalized spacial score (nSPS) is 9.97. The smallest absolute Gasteiger partial charge is 0.257 e. The summed E-state index contributed by atoms with van der Waals surface area (Å²) in [5.74, 6) is 1.95. The molecule has 0 bridgehead atoms. The first-order chi connectivity index (χ1) is 14.0. The van der Waals surface area contributed by atoms with Crippen molar-refractivity contribution in [1.29, 1.82) is 0 Å². The lowest BCUT2D eigenvalue weighted by molar-refractivity contribution is 0.102. The average molecular weight is 405 g/mol. The van der Waals surface area contributed by atoms with E-state index in [9.17, 15) is 9.59 Å². The van der Waals surface area contributed by atoms with Crippen LogP contribution in [0.4, 0.5) is 11.4 Å². The van der Waals surface area contributed by atoms with Crippen LogP contribution < -0.4 is 15.4 Å². The Kier molecular flexibility index (Phi) is 6.18. The molecule has 3 aromatic carbocycles. The molecule has 2 amide bonds. The number of hydrogen-bond donors (Lipinski definition) is 2. The molecule has 144 valence electrons. The van der Waals surface area contributed by atoms with Crippen molar-refractivity contribution in [3.63, 3.8) is 0 Å². The van der Waals surface area contributed by atoms with Crippen LogP contribution in [0.15, 0.2) is 66.7 Å². The topological polar surface area (TPSA) is 67.4 Å². The summed E-state index contributed by atoms with van der Waals surface area (Å²) in [4.78, 5) is 25.5. The van der Waals surface area contributed by atoms with Gasteiger partial charge >= 0.3 is 0 Å². The van der Waals surface area contributed by atoms with E-state index in [4.69, 9.17) is 22.8 Å². The molecule has 0 atom stereocenters. The maximum absolute atomic E-state index is 12.9. The highest BCUT2D eigenvalue weighted by Crippen LogP contribution is 2.33. The third kappa shape index (κ3) is 4.75. The van der Waals surface area contributed by atoms with Crippen molar-refractivity contribution in [2.45, 2.75) is 0 Å². The molecule has 2 N–H and O–H groups in total. The van der Waals surface area contributed by atoms with Crippen molar-refractivity contribution in [1.82, 2.24) is 0 Å². The predicted molar refractivity (Wildman–Crippen MR) is 115 cm³/mol. The van der Waals surface area contributed by atoms with E-state index in [1.54, 1.807) is 48.5 Å². The quantitative estimate of drug-likeness (QED) is 0.598. The summed E-state index contributed by atoms with van der Waals surface area (Å²) < 4.78 is 5.33. The largest absolute Gasteiger partial charge is 0.494 e. The molecule has 0 aliphatic carbocycles. The number of amides is 2.